The third-order valence-electron chi connectivity index (χ3n) is 3.81. The lowest BCUT2D eigenvalue weighted by Gasteiger charge is -2.04. The van der Waals surface area contributed by atoms with Crippen LogP contribution >= 0.6 is 23.4 Å². The van der Waals surface area contributed by atoms with Crippen molar-refractivity contribution in [1.29, 1.82) is 0 Å². The Morgan fingerprint density at radius 1 is 1.15 bits per heavy atom. The van der Waals surface area contributed by atoms with Crippen molar-refractivity contribution in [3.8, 4) is 11.4 Å². The molecule has 0 aliphatic rings. The van der Waals surface area contributed by atoms with E-state index >= 15 is 0 Å². The number of carbonyl (C=O) groups excluding carboxylic acids is 1. The van der Waals surface area contributed by atoms with Crippen LogP contribution < -0.4 is 5.43 Å². The molecule has 0 aliphatic heterocycles. The van der Waals surface area contributed by atoms with Gasteiger partial charge in [-0.1, -0.05) is 53.7 Å². The zero-order valence-corrected chi connectivity index (χ0v) is 16.5. The number of rotatable bonds is 6. The fourth-order valence-corrected chi connectivity index (χ4v) is 3.17. The van der Waals surface area contributed by atoms with Crippen molar-refractivity contribution >= 4 is 35.0 Å². The van der Waals surface area contributed by atoms with Gasteiger partial charge in [-0.2, -0.15) is 5.10 Å². The number of hydrogen-bond acceptors (Lipinski definition) is 5. The zero-order chi connectivity index (χ0) is 19.2. The number of aromatic nitrogens is 3. The summed E-state index contributed by atoms with van der Waals surface area (Å²) in [6.45, 7) is 1.85. The van der Waals surface area contributed by atoms with Crippen molar-refractivity contribution in [2.75, 3.05) is 5.75 Å². The average Bonchev–Trinajstić information content (AvgIpc) is 3.06. The van der Waals surface area contributed by atoms with Crippen molar-refractivity contribution in [3.63, 3.8) is 0 Å². The summed E-state index contributed by atoms with van der Waals surface area (Å²) >= 11 is 7.22. The Morgan fingerprint density at radius 3 is 2.56 bits per heavy atom. The van der Waals surface area contributed by atoms with Crippen molar-refractivity contribution in [1.82, 2.24) is 20.2 Å². The zero-order valence-electron chi connectivity index (χ0n) is 14.9. The molecule has 0 atom stereocenters. The van der Waals surface area contributed by atoms with Crippen LogP contribution in [0.1, 0.15) is 12.5 Å². The first-order chi connectivity index (χ1) is 13.0. The molecule has 1 aromatic heterocycles. The van der Waals surface area contributed by atoms with Crippen LogP contribution in [-0.2, 0) is 11.8 Å². The minimum Gasteiger partial charge on any atom is -0.305 e. The lowest BCUT2D eigenvalue weighted by Crippen LogP contribution is -2.21. The summed E-state index contributed by atoms with van der Waals surface area (Å²) in [7, 11) is 1.86. The largest absolute Gasteiger partial charge is 0.305 e. The van der Waals surface area contributed by atoms with Crippen molar-refractivity contribution in [3.05, 3.63) is 65.2 Å². The van der Waals surface area contributed by atoms with Gasteiger partial charge in [0.2, 0.25) is 0 Å². The highest BCUT2D eigenvalue weighted by Crippen LogP contribution is 2.23. The molecule has 0 bridgehead atoms. The molecule has 0 radical (unpaired) electrons. The summed E-state index contributed by atoms with van der Waals surface area (Å²) in [4.78, 5) is 12.1. The van der Waals surface area contributed by atoms with Crippen LogP contribution in [0.15, 0.2) is 64.9 Å². The standard InChI is InChI=1S/C19H18ClN5OS/c1-13(14-6-4-3-5-7-14)21-22-17(26)12-27-19-24-23-18(25(19)2)15-8-10-16(20)11-9-15/h3-11H,12H2,1-2H3,(H,22,26)/b21-13+. The second kappa shape index (κ2) is 8.83. The van der Waals surface area contributed by atoms with E-state index in [0.717, 1.165) is 16.8 Å². The van der Waals surface area contributed by atoms with Crippen molar-refractivity contribution in [2.45, 2.75) is 12.1 Å². The monoisotopic (exact) mass is 399 g/mol. The van der Waals surface area contributed by atoms with Gasteiger partial charge < -0.3 is 4.57 Å². The molecule has 3 aromatic rings. The van der Waals surface area contributed by atoms with Gasteiger partial charge in [0, 0.05) is 17.6 Å². The van der Waals surface area contributed by atoms with Crippen molar-refractivity contribution in [2.24, 2.45) is 12.1 Å². The molecule has 138 valence electrons. The topological polar surface area (TPSA) is 72.2 Å². The molecule has 3 rings (SSSR count). The van der Waals surface area contributed by atoms with Crippen LogP contribution in [0, 0.1) is 0 Å². The number of nitrogens with zero attached hydrogens (tertiary/aromatic N) is 4. The quantitative estimate of drug-likeness (QED) is 0.389. The molecule has 8 heteroatoms. The van der Waals surface area contributed by atoms with E-state index in [2.05, 4.69) is 20.7 Å². The maximum atomic E-state index is 12.1. The van der Waals surface area contributed by atoms with Gasteiger partial charge in [-0.25, -0.2) is 5.43 Å². The van der Waals surface area contributed by atoms with Crippen molar-refractivity contribution < 1.29 is 4.79 Å². The van der Waals surface area contributed by atoms with Crippen LogP contribution in [0.5, 0.6) is 0 Å². The molecule has 27 heavy (non-hydrogen) atoms. The minimum atomic E-state index is -0.202. The van der Waals surface area contributed by atoms with Gasteiger partial charge in [-0.15, -0.1) is 10.2 Å². The SMILES string of the molecule is C/C(=N\NC(=O)CSc1nnc(-c2ccc(Cl)cc2)n1C)c1ccccc1. The molecule has 1 heterocycles. The average molecular weight is 400 g/mol. The Hall–Kier alpha value is -2.64. The van der Waals surface area contributed by atoms with E-state index in [-0.39, 0.29) is 11.7 Å². The van der Waals surface area contributed by atoms with Gasteiger partial charge in [0.1, 0.15) is 0 Å². The molecule has 0 aliphatic carbocycles. The highest BCUT2D eigenvalue weighted by atomic mass is 35.5. The highest BCUT2D eigenvalue weighted by Gasteiger charge is 2.13. The third-order valence-corrected chi connectivity index (χ3v) is 5.08. The second-order valence-corrected chi connectivity index (χ2v) is 7.14. The fourth-order valence-electron chi connectivity index (χ4n) is 2.34. The molecule has 0 saturated heterocycles. The van der Waals surface area contributed by atoms with Gasteiger partial charge in [-0.05, 0) is 36.8 Å². The molecule has 0 saturated carbocycles. The Kier molecular flexibility index (Phi) is 6.26. The third kappa shape index (κ3) is 4.96. The maximum absolute atomic E-state index is 12.1. The van der Waals surface area contributed by atoms with Crippen LogP contribution in [0.25, 0.3) is 11.4 Å². The fraction of sp³-hybridized carbons (Fsp3) is 0.158. The second-order valence-electron chi connectivity index (χ2n) is 5.76. The maximum Gasteiger partial charge on any atom is 0.250 e. The lowest BCUT2D eigenvalue weighted by molar-refractivity contribution is -0.118. The van der Waals surface area contributed by atoms with E-state index in [4.69, 9.17) is 11.6 Å². The molecular weight excluding hydrogens is 382 g/mol. The number of benzene rings is 2. The molecule has 1 N–H and O–H groups in total. The summed E-state index contributed by atoms with van der Waals surface area (Å²) in [5.41, 5.74) is 5.19. The summed E-state index contributed by atoms with van der Waals surface area (Å²) in [5.74, 6) is 0.705. The van der Waals surface area contributed by atoms with Crippen LogP contribution in [0.3, 0.4) is 0 Å². The van der Waals surface area contributed by atoms with Crippen LogP contribution in [0.2, 0.25) is 5.02 Å². The normalized spacial score (nSPS) is 11.4. The predicted octanol–water partition coefficient (Wildman–Crippen LogP) is 3.77. The number of hydrogen-bond donors (Lipinski definition) is 1. The summed E-state index contributed by atoms with van der Waals surface area (Å²) in [6.07, 6.45) is 0. The molecule has 1 amide bonds. The van der Waals surface area contributed by atoms with E-state index < -0.39 is 0 Å². The number of hydrazone groups is 1. The van der Waals surface area contributed by atoms with E-state index in [0.29, 0.717) is 16.0 Å². The molecular formula is C19H18ClN5OS. The Labute approximate surface area is 166 Å². The Morgan fingerprint density at radius 2 is 1.85 bits per heavy atom. The smallest absolute Gasteiger partial charge is 0.250 e. The number of carbonyl (C=O) groups is 1. The molecule has 0 spiro atoms. The number of nitrogens with one attached hydrogen (secondary N) is 1. The van der Waals surface area contributed by atoms with Gasteiger partial charge in [-0.3, -0.25) is 4.79 Å². The predicted molar refractivity (Wildman–Crippen MR) is 109 cm³/mol. The molecule has 6 nitrogen and oxygen atoms in total. The lowest BCUT2D eigenvalue weighted by atomic mass is 10.1. The van der Waals surface area contributed by atoms with E-state index in [9.17, 15) is 4.79 Å². The van der Waals surface area contributed by atoms with Gasteiger partial charge in [0.05, 0.1) is 11.5 Å². The van der Waals surface area contributed by atoms with E-state index in [1.807, 2.05) is 61.0 Å². The number of amides is 1. The highest BCUT2D eigenvalue weighted by molar-refractivity contribution is 7.99. The first-order valence-electron chi connectivity index (χ1n) is 8.21. The summed E-state index contributed by atoms with van der Waals surface area (Å²) in [6, 6.07) is 17.1. The van der Waals surface area contributed by atoms with E-state index in [1.54, 1.807) is 12.1 Å². The summed E-state index contributed by atoms with van der Waals surface area (Å²) < 4.78 is 1.85. The minimum absolute atomic E-state index is 0.193. The number of thioether (sulfide) groups is 1. The van der Waals surface area contributed by atoms with Crippen LogP contribution in [-0.4, -0.2) is 32.1 Å². The first-order valence-corrected chi connectivity index (χ1v) is 9.57. The molecule has 2 aromatic carbocycles. The van der Waals surface area contributed by atoms with Gasteiger partial charge >= 0.3 is 0 Å². The van der Waals surface area contributed by atoms with E-state index in [1.165, 1.54) is 11.8 Å². The van der Waals surface area contributed by atoms with Crippen LogP contribution in [0.4, 0.5) is 0 Å². The van der Waals surface area contributed by atoms with Gasteiger partial charge in [0.25, 0.3) is 5.91 Å². The Bertz CT molecular complexity index is 954. The number of halogens is 1. The molecule has 0 unspecified atom stereocenters. The molecule has 0 fully saturated rings. The first kappa shape index (κ1) is 19.1. The van der Waals surface area contributed by atoms with Gasteiger partial charge in [0.15, 0.2) is 11.0 Å². The Balaban J connectivity index is 1.59. The summed E-state index contributed by atoms with van der Waals surface area (Å²) in [5, 5.41) is 13.8.